The van der Waals surface area contributed by atoms with Gasteiger partial charge in [0.1, 0.15) is 0 Å². The molecule has 0 aliphatic rings. The Bertz CT molecular complexity index is 854. The molecule has 0 saturated heterocycles. The fourth-order valence-electron chi connectivity index (χ4n) is 2.75. The lowest BCUT2D eigenvalue weighted by molar-refractivity contribution is 0.295. The third kappa shape index (κ3) is 4.40. The summed E-state index contributed by atoms with van der Waals surface area (Å²) in [6, 6.07) is 23.4. The molecule has 1 nitrogen and oxygen atoms in total. The summed E-state index contributed by atoms with van der Waals surface area (Å²) in [4.78, 5) is 0. The summed E-state index contributed by atoms with van der Waals surface area (Å²) in [7, 11) is 0. The van der Waals surface area contributed by atoms with Gasteiger partial charge >= 0.3 is 0 Å². The molecule has 0 aromatic heterocycles. The van der Waals surface area contributed by atoms with E-state index >= 15 is 4.39 Å². The fraction of sp³-hybridized carbons (Fsp3) is 0.167. The first kappa shape index (κ1) is 17.9. The second-order valence-corrected chi connectivity index (χ2v) is 6.16. The largest absolute Gasteiger partial charge is 0.490 e. The monoisotopic (exact) mass is 346 g/mol. The molecule has 0 bridgehead atoms. The van der Waals surface area contributed by atoms with E-state index < -0.39 is 0 Å². The second-order valence-electron chi connectivity index (χ2n) is 6.16. The van der Waals surface area contributed by atoms with Crippen molar-refractivity contribution in [2.24, 2.45) is 0 Å². The van der Waals surface area contributed by atoms with Crippen molar-refractivity contribution in [3.63, 3.8) is 0 Å². The smallest absolute Gasteiger partial charge is 0.172 e. The van der Waals surface area contributed by atoms with Crippen molar-refractivity contribution in [3.05, 3.63) is 89.7 Å². The van der Waals surface area contributed by atoms with Gasteiger partial charge in [-0.15, -0.1) is 0 Å². The second kappa shape index (κ2) is 9.00. The van der Waals surface area contributed by atoms with Gasteiger partial charge < -0.3 is 4.74 Å². The van der Waals surface area contributed by atoms with E-state index in [-0.39, 0.29) is 5.82 Å². The van der Waals surface area contributed by atoms with E-state index in [2.05, 4.69) is 6.92 Å². The predicted octanol–water partition coefficient (Wildman–Crippen LogP) is 6.84. The highest BCUT2D eigenvalue weighted by molar-refractivity contribution is 5.76. The zero-order valence-electron chi connectivity index (χ0n) is 15.0. The van der Waals surface area contributed by atoms with E-state index in [1.54, 1.807) is 6.08 Å². The summed E-state index contributed by atoms with van der Waals surface area (Å²) >= 11 is 0. The molecule has 0 spiro atoms. The Morgan fingerprint density at radius 2 is 1.54 bits per heavy atom. The fourth-order valence-corrected chi connectivity index (χ4v) is 2.75. The van der Waals surface area contributed by atoms with Gasteiger partial charge in [-0.3, -0.25) is 0 Å². The van der Waals surface area contributed by atoms with Crippen molar-refractivity contribution in [3.8, 4) is 16.9 Å². The lowest BCUT2D eigenvalue weighted by Crippen LogP contribution is -2.02. The molecule has 0 saturated carbocycles. The van der Waals surface area contributed by atoms with E-state index in [1.807, 2.05) is 78.9 Å². The highest BCUT2D eigenvalue weighted by atomic mass is 19.1. The van der Waals surface area contributed by atoms with Crippen LogP contribution in [0, 0.1) is 5.82 Å². The summed E-state index contributed by atoms with van der Waals surface area (Å²) in [6.45, 7) is 2.61. The summed E-state index contributed by atoms with van der Waals surface area (Å²) in [5, 5.41) is 0. The molecule has 3 aromatic carbocycles. The zero-order chi connectivity index (χ0) is 18.2. The van der Waals surface area contributed by atoms with Gasteiger partial charge in [-0.05, 0) is 23.6 Å². The quantitative estimate of drug-likeness (QED) is 0.336. The minimum atomic E-state index is -0.311. The topological polar surface area (TPSA) is 9.23 Å². The van der Waals surface area contributed by atoms with Crippen LogP contribution >= 0.6 is 0 Å². The maximum absolute atomic E-state index is 15.2. The summed E-state index contributed by atoms with van der Waals surface area (Å²) < 4.78 is 21.0. The van der Waals surface area contributed by atoms with Gasteiger partial charge in [-0.25, -0.2) is 4.39 Å². The molecule has 0 unspecified atom stereocenters. The number of ether oxygens (including phenoxy) is 1. The number of hydrogen-bond donors (Lipinski definition) is 0. The molecular formula is C24H23FO. The standard InChI is InChI=1S/C24H23FO/c1-2-3-18-26-24-22(20-12-8-5-9-13-20)17-16-21(23(24)25)15-14-19-10-6-4-7-11-19/h4-17H,2-3,18H2,1H3/b15-14+. The molecule has 0 aliphatic carbocycles. The van der Waals surface area contributed by atoms with Gasteiger partial charge in [0, 0.05) is 11.1 Å². The minimum Gasteiger partial charge on any atom is -0.490 e. The van der Waals surface area contributed by atoms with Crippen LogP contribution in [-0.2, 0) is 0 Å². The molecule has 0 amide bonds. The van der Waals surface area contributed by atoms with Crippen molar-refractivity contribution in [1.29, 1.82) is 0 Å². The Labute approximate surface area is 154 Å². The Morgan fingerprint density at radius 3 is 2.23 bits per heavy atom. The summed E-state index contributed by atoms with van der Waals surface area (Å²) in [6.07, 6.45) is 5.62. The highest BCUT2D eigenvalue weighted by Gasteiger charge is 2.15. The Hall–Kier alpha value is -2.87. The van der Waals surface area contributed by atoms with Crippen molar-refractivity contribution < 1.29 is 9.13 Å². The molecule has 0 N–H and O–H groups in total. The first-order valence-corrected chi connectivity index (χ1v) is 9.03. The van der Waals surface area contributed by atoms with E-state index in [4.69, 9.17) is 4.74 Å². The Morgan fingerprint density at radius 1 is 0.846 bits per heavy atom. The van der Waals surface area contributed by atoms with E-state index in [0.29, 0.717) is 17.9 Å². The first-order chi connectivity index (χ1) is 12.8. The van der Waals surface area contributed by atoms with Crippen molar-refractivity contribution in [1.82, 2.24) is 0 Å². The predicted molar refractivity (Wildman–Crippen MR) is 108 cm³/mol. The van der Waals surface area contributed by atoms with E-state index in [0.717, 1.165) is 29.5 Å². The van der Waals surface area contributed by atoms with Crippen LogP contribution in [0.4, 0.5) is 4.39 Å². The number of rotatable bonds is 7. The number of halogens is 1. The molecule has 132 valence electrons. The van der Waals surface area contributed by atoms with E-state index in [9.17, 15) is 0 Å². The minimum absolute atomic E-state index is 0.311. The summed E-state index contributed by atoms with van der Waals surface area (Å²) in [5.74, 6) is 0.0227. The van der Waals surface area contributed by atoms with Crippen molar-refractivity contribution in [2.45, 2.75) is 19.8 Å². The van der Waals surface area contributed by atoms with Gasteiger partial charge in [-0.1, -0.05) is 92.2 Å². The van der Waals surface area contributed by atoms with Crippen LogP contribution < -0.4 is 4.74 Å². The van der Waals surface area contributed by atoms with E-state index in [1.165, 1.54) is 0 Å². The molecule has 3 aromatic rings. The molecule has 0 atom stereocenters. The molecule has 3 rings (SSSR count). The van der Waals surface area contributed by atoms with Gasteiger partial charge in [-0.2, -0.15) is 0 Å². The molecule has 26 heavy (non-hydrogen) atoms. The number of benzene rings is 3. The third-order valence-corrected chi connectivity index (χ3v) is 4.21. The maximum Gasteiger partial charge on any atom is 0.172 e. The highest BCUT2D eigenvalue weighted by Crippen LogP contribution is 2.35. The Kier molecular flexibility index (Phi) is 6.21. The lowest BCUT2D eigenvalue weighted by atomic mass is 10.0. The van der Waals surface area contributed by atoms with Gasteiger partial charge in [0.25, 0.3) is 0 Å². The van der Waals surface area contributed by atoms with Crippen LogP contribution in [0.2, 0.25) is 0 Å². The zero-order valence-corrected chi connectivity index (χ0v) is 15.0. The van der Waals surface area contributed by atoms with Crippen LogP contribution in [0.3, 0.4) is 0 Å². The van der Waals surface area contributed by atoms with Gasteiger partial charge in [0.2, 0.25) is 0 Å². The van der Waals surface area contributed by atoms with Crippen LogP contribution in [0.5, 0.6) is 5.75 Å². The van der Waals surface area contributed by atoms with Crippen LogP contribution in [0.15, 0.2) is 72.8 Å². The molecule has 0 radical (unpaired) electrons. The molecule has 2 heteroatoms. The SMILES string of the molecule is CCCCOc1c(-c2ccccc2)ccc(/C=C/c2ccccc2)c1F. The third-order valence-electron chi connectivity index (χ3n) is 4.21. The summed E-state index contributed by atoms with van der Waals surface area (Å²) in [5.41, 5.74) is 3.31. The van der Waals surface area contributed by atoms with Gasteiger partial charge in [0.05, 0.1) is 6.61 Å². The maximum atomic E-state index is 15.2. The molecule has 0 fully saturated rings. The van der Waals surface area contributed by atoms with Crippen molar-refractivity contribution in [2.75, 3.05) is 6.61 Å². The first-order valence-electron chi connectivity index (χ1n) is 9.03. The average Bonchev–Trinajstić information content (AvgIpc) is 2.70. The molecular weight excluding hydrogens is 323 g/mol. The van der Waals surface area contributed by atoms with Crippen molar-refractivity contribution >= 4 is 12.2 Å². The lowest BCUT2D eigenvalue weighted by Gasteiger charge is -2.14. The average molecular weight is 346 g/mol. The molecule has 0 heterocycles. The number of hydrogen-bond acceptors (Lipinski definition) is 1. The normalized spacial score (nSPS) is 11.0. The van der Waals surface area contributed by atoms with Gasteiger partial charge in [0.15, 0.2) is 11.6 Å². The van der Waals surface area contributed by atoms with Crippen LogP contribution in [-0.4, -0.2) is 6.61 Å². The van der Waals surface area contributed by atoms with Crippen LogP contribution in [0.25, 0.3) is 23.3 Å². The van der Waals surface area contributed by atoms with Crippen LogP contribution in [0.1, 0.15) is 30.9 Å². The Balaban J connectivity index is 1.97. The number of unbranched alkanes of at least 4 members (excludes halogenated alkanes) is 1. The molecule has 0 aliphatic heterocycles.